The minimum atomic E-state index is -1.13. The lowest BCUT2D eigenvalue weighted by Gasteiger charge is -2.43. The Balaban J connectivity index is 2.04. The zero-order valence-corrected chi connectivity index (χ0v) is 11.3. The Morgan fingerprint density at radius 1 is 1.11 bits per heavy atom. The van der Waals surface area contributed by atoms with Crippen molar-refractivity contribution in [3.8, 4) is 0 Å². The highest BCUT2D eigenvalue weighted by molar-refractivity contribution is 6.02. The number of carbonyl (C=O) groups is 2. The number of carboxylic acid groups (broad SMARTS) is 1. The smallest absolute Gasteiger partial charge is 0.319 e. The van der Waals surface area contributed by atoms with Crippen molar-refractivity contribution in [3.05, 3.63) is 0 Å². The van der Waals surface area contributed by atoms with E-state index in [0.717, 1.165) is 25.7 Å². The fourth-order valence-corrected chi connectivity index (χ4v) is 3.13. The number of hydrogen-bond donors (Lipinski definition) is 2. The Morgan fingerprint density at radius 3 is 2.22 bits per heavy atom. The van der Waals surface area contributed by atoms with Crippen LogP contribution in [0.5, 0.6) is 0 Å². The van der Waals surface area contributed by atoms with E-state index in [0.29, 0.717) is 12.8 Å². The molecule has 2 aliphatic rings. The highest BCUT2D eigenvalue weighted by Crippen LogP contribution is 2.43. The highest BCUT2D eigenvalue weighted by atomic mass is 16.4. The van der Waals surface area contributed by atoms with Crippen molar-refractivity contribution < 1.29 is 14.7 Å². The summed E-state index contributed by atoms with van der Waals surface area (Å²) in [6.45, 7) is 4.32. The Bertz CT molecular complexity index is 358. The molecule has 2 aliphatic carbocycles. The van der Waals surface area contributed by atoms with Crippen LogP contribution in [0.3, 0.4) is 0 Å². The predicted octanol–water partition coefficient (Wildman–Crippen LogP) is 2.33. The number of nitrogens with one attached hydrogen (secondary N) is 1. The molecule has 102 valence electrons. The van der Waals surface area contributed by atoms with E-state index in [1.165, 1.54) is 6.42 Å². The number of hydrogen-bond acceptors (Lipinski definition) is 2. The van der Waals surface area contributed by atoms with E-state index in [1.54, 1.807) is 0 Å². The maximum atomic E-state index is 12.3. The molecule has 0 bridgehead atoms. The minimum absolute atomic E-state index is 0.0807. The van der Waals surface area contributed by atoms with E-state index in [2.05, 4.69) is 19.2 Å². The van der Waals surface area contributed by atoms with E-state index in [4.69, 9.17) is 0 Å². The van der Waals surface area contributed by atoms with E-state index < -0.39 is 11.4 Å². The molecule has 0 radical (unpaired) electrons. The van der Waals surface area contributed by atoms with Crippen molar-refractivity contribution in [1.82, 2.24) is 5.32 Å². The maximum absolute atomic E-state index is 12.3. The first-order chi connectivity index (χ1) is 8.38. The summed E-state index contributed by atoms with van der Waals surface area (Å²) in [6, 6.07) is 0.121. The zero-order valence-electron chi connectivity index (χ0n) is 11.3. The third-order valence-corrected chi connectivity index (χ3v) is 4.86. The van der Waals surface area contributed by atoms with Gasteiger partial charge in [-0.3, -0.25) is 9.59 Å². The van der Waals surface area contributed by atoms with Gasteiger partial charge in [-0.1, -0.05) is 33.1 Å². The number of carboxylic acids is 1. The molecule has 0 heterocycles. The number of aliphatic carboxylic acids is 1. The summed E-state index contributed by atoms with van der Waals surface area (Å²) >= 11 is 0. The molecule has 1 atom stereocenters. The van der Waals surface area contributed by atoms with Gasteiger partial charge in [0.1, 0.15) is 5.41 Å². The summed E-state index contributed by atoms with van der Waals surface area (Å²) in [7, 11) is 0. The fourth-order valence-electron chi connectivity index (χ4n) is 3.13. The molecule has 0 saturated heterocycles. The molecule has 1 amide bonds. The topological polar surface area (TPSA) is 66.4 Å². The van der Waals surface area contributed by atoms with E-state index in [-0.39, 0.29) is 17.4 Å². The van der Waals surface area contributed by atoms with Gasteiger partial charge in [-0.25, -0.2) is 0 Å². The molecule has 2 fully saturated rings. The van der Waals surface area contributed by atoms with E-state index >= 15 is 0 Å². The predicted molar refractivity (Wildman–Crippen MR) is 68.1 cm³/mol. The van der Waals surface area contributed by atoms with Gasteiger partial charge in [-0.2, -0.15) is 0 Å². The Kier molecular flexibility index (Phi) is 3.39. The van der Waals surface area contributed by atoms with Crippen molar-refractivity contribution >= 4 is 11.9 Å². The number of rotatable bonds is 3. The average Bonchev–Trinajstić information content (AvgIpc) is 2.18. The minimum Gasteiger partial charge on any atom is -0.480 e. The third-order valence-electron chi connectivity index (χ3n) is 4.86. The average molecular weight is 253 g/mol. The first kappa shape index (κ1) is 13.4. The van der Waals surface area contributed by atoms with Gasteiger partial charge in [0, 0.05) is 6.04 Å². The highest BCUT2D eigenvalue weighted by Gasteiger charge is 2.52. The molecule has 0 aromatic heterocycles. The van der Waals surface area contributed by atoms with Gasteiger partial charge in [0.25, 0.3) is 0 Å². The van der Waals surface area contributed by atoms with Gasteiger partial charge < -0.3 is 10.4 Å². The summed E-state index contributed by atoms with van der Waals surface area (Å²) in [6.07, 6.45) is 6.20. The van der Waals surface area contributed by atoms with Crippen LogP contribution < -0.4 is 5.32 Å². The normalized spacial score (nSPS) is 29.1. The summed E-state index contributed by atoms with van der Waals surface area (Å²) in [4.78, 5) is 23.5. The monoisotopic (exact) mass is 253 g/mol. The van der Waals surface area contributed by atoms with Gasteiger partial charge in [-0.15, -0.1) is 0 Å². The van der Waals surface area contributed by atoms with Gasteiger partial charge in [0.05, 0.1) is 0 Å². The summed E-state index contributed by atoms with van der Waals surface area (Å²) in [5, 5.41) is 12.3. The number of amides is 1. The quantitative estimate of drug-likeness (QED) is 0.759. The first-order valence-electron chi connectivity index (χ1n) is 6.93. The Morgan fingerprint density at radius 2 is 1.78 bits per heavy atom. The molecule has 2 N–H and O–H groups in total. The zero-order chi connectivity index (χ0) is 13.4. The SMILES string of the molecule is CC1(C)CCCCC1NC(=O)C1(C(=O)O)CCC1. The van der Waals surface area contributed by atoms with E-state index in [9.17, 15) is 14.7 Å². The first-order valence-corrected chi connectivity index (χ1v) is 6.93. The second-order valence-corrected chi connectivity index (χ2v) is 6.50. The van der Waals surface area contributed by atoms with Crippen LogP contribution >= 0.6 is 0 Å². The van der Waals surface area contributed by atoms with Crippen LogP contribution in [0.15, 0.2) is 0 Å². The van der Waals surface area contributed by atoms with Crippen LogP contribution in [-0.2, 0) is 9.59 Å². The molecule has 4 heteroatoms. The van der Waals surface area contributed by atoms with Crippen LogP contribution in [0, 0.1) is 10.8 Å². The van der Waals surface area contributed by atoms with Gasteiger partial charge in [-0.05, 0) is 31.1 Å². The fraction of sp³-hybridized carbons (Fsp3) is 0.857. The van der Waals surface area contributed by atoms with Crippen molar-refractivity contribution in [2.24, 2.45) is 10.8 Å². The second kappa shape index (κ2) is 4.56. The maximum Gasteiger partial charge on any atom is 0.319 e. The lowest BCUT2D eigenvalue weighted by Crippen LogP contribution is -2.56. The molecular weight excluding hydrogens is 230 g/mol. The molecule has 0 aromatic rings. The van der Waals surface area contributed by atoms with Crippen molar-refractivity contribution in [3.63, 3.8) is 0 Å². The van der Waals surface area contributed by atoms with Crippen molar-refractivity contribution in [2.75, 3.05) is 0 Å². The molecule has 0 spiro atoms. The Labute approximate surface area is 108 Å². The number of carbonyl (C=O) groups excluding carboxylic acids is 1. The molecule has 2 rings (SSSR count). The molecular formula is C14H23NO3. The Hall–Kier alpha value is -1.06. The summed E-state index contributed by atoms with van der Waals surface area (Å²) < 4.78 is 0. The third kappa shape index (κ3) is 2.13. The lowest BCUT2D eigenvalue weighted by molar-refractivity contribution is -0.162. The summed E-state index contributed by atoms with van der Waals surface area (Å²) in [5.41, 5.74) is -1.05. The van der Waals surface area contributed by atoms with Crippen LogP contribution in [-0.4, -0.2) is 23.0 Å². The van der Waals surface area contributed by atoms with Crippen LogP contribution in [0.1, 0.15) is 58.8 Å². The molecule has 18 heavy (non-hydrogen) atoms. The largest absolute Gasteiger partial charge is 0.480 e. The van der Waals surface area contributed by atoms with Gasteiger partial charge in [0.2, 0.25) is 5.91 Å². The molecule has 4 nitrogen and oxygen atoms in total. The molecule has 0 aromatic carbocycles. The second-order valence-electron chi connectivity index (χ2n) is 6.50. The van der Waals surface area contributed by atoms with Gasteiger partial charge >= 0.3 is 5.97 Å². The lowest BCUT2D eigenvalue weighted by atomic mass is 9.67. The van der Waals surface area contributed by atoms with Crippen LogP contribution in [0.4, 0.5) is 0 Å². The van der Waals surface area contributed by atoms with Crippen LogP contribution in [0.2, 0.25) is 0 Å². The van der Waals surface area contributed by atoms with Crippen LogP contribution in [0.25, 0.3) is 0 Å². The van der Waals surface area contributed by atoms with Crippen molar-refractivity contribution in [1.29, 1.82) is 0 Å². The molecule has 1 unspecified atom stereocenters. The molecule has 2 saturated carbocycles. The summed E-state index contributed by atoms with van der Waals surface area (Å²) in [5.74, 6) is -1.22. The van der Waals surface area contributed by atoms with E-state index in [1.807, 2.05) is 0 Å². The van der Waals surface area contributed by atoms with Gasteiger partial charge in [0.15, 0.2) is 0 Å². The standard InChI is InChI=1S/C14H23NO3/c1-13(2)7-4-3-6-10(13)15-11(16)14(12(17)18)8-5-9-14/h10H,3-9H2,1-2H3,(H,15,16)(H,17,18). The molecule has 0 aliphatic heterocycles. The van der Waals surface area contributed by atoms with Crippen molar-refractivity contribution in [2.45, 2.75) is 64.8 Å².